The number of hydrogen-bond acceptors (Lipinski definition) is 6. The van der Waals surface area contributed by atoms with Gasteiger partial charge < -0.3 is 5.32 Å². The van der Waals surface area contributed by atoms with Gasteiger partial charge in [0.2, 0.25) is 10.1 Å². The van der Waals surface area contributed by atoms with Crippen molar-refractivity contribution < 1.29 is 4.39 Å². The standard InChI is InChI=1S/C18H20FN5OS/c1-12-10-16(25)24-18(21-12)26-17(22-24)20-11-15(23-8-2-3-9-23)13-4-6-14(19)7-5-13/h4-7,10,15H,2-3,8-9,11H2,1H3,(H,20,22). The molecule has 3 heterocycles. The first-order chi connectivity index (χ1) is 12.6. The number of aryl methyl sites for hydroxylation is 1. The van der Waals surface area contributed by atoms with E-state index in [1.54, 1.807) is 6.92 Å². The molecule has 2 aromatic heterocycles. The Kier molecular flexibility index (Phi) is 4.69. The molecule has 0 saturated carbocycles. The Labute approximate surface area is 154 Å². The van der Waals surface area contributed by atoms with Crippen LogP contribution in [0.15, 0.2) is 35.1 Å². The van der Waals surface area contributed by atoms with Gasteiger partial charge in [0.25, 0.3) is 5.56 Å². The van der Waals surface area contributed by atoms with Crippen LogP contribution in [-0.2, 0) is 0 Å². The van der Waals surface area contributed by atoms with E-state index >= 15 is 0 Å². The van der Waals surface area contributed by atoms with Crippen LogP contribution in [0.1, 0.15) is 30.1 Å². The maximum absolute atomic E-state index is 13.3. The van der Waals surface area contributed by atoms with Crippen LogP contribution in [0.2, 0.25) is 0 Å². The van der Waals surface area contributed by atoms with E-state index in [1.807, 2.05) is 12.1 Å². The number of hydrogen-bond donors (Lipinski definition) is 1. The highest BCUT2D eigenvalue weighted by Crippen LogP contribution is 2.26. The van der Waals surface area contributed by atoms with Gasteiger partial charge in [-0.25, -0.2) is 9.37 Å². The summed E-state index contributed by atoms with van der Waals surface area (Å²) in [4.78, 5) is 19.4. The molecule has 1 saturated heterocycles. The Morgan fingerprint density at radius 3 is 2.73 bits per heavy atom. The second kappa shape index (κ2) is 7.13. The molecule has 0 radical (unpaired) electrons. The van der Waals surface area contributed by atoms with E-state index in [1.165, 1.54) is 46.9 Å². The largest absolute Gasteiger partial charge is 0.358 e. The van der Waals surface area contributed by atoms with Crippen molar-refractivity contribution in [2.45, 2.75) is 25.8 Å². The minimum atomic E-state index is -0.228. The molecule has 136 valence electrons. The highest BCUT2D eigenvalue weighted by atomic mass is 32.1. The van der Waals surface area contributed by atoms with Gasteiger partial charge in [-0.05, 0) is 50.6 Å². The summed E-state index contributed by atoms with van der Waals surface area (Å²) in [5, 5.41) is 8.33. The van der Waals surface area contributed by atoms with Gasteiger partial charge in [-0.2, -0.15) is 4.52 Å². The van der Waals surface area contributed by atoms with Gasteiger partial charge in [0.1, 0.15) is 5.82 Å². The van der Waals surface area contributed by atoms with Crippen LogP contribution in [0.5, 0.6) is 0 Å². The van der Waals surface area contributed by atoms with Crippen LogP contribution in [-0.4, -0.2) is 39.1 Å². The molecule has 1 aliphatic heterocycles. The van der Waals surface area contributed by atoms with Crippen LogP contribution in [0.3, 0.4) is 0 Å². The SMILES string of the molecule is Cc1cc(=O)n2nc(NCC(c3ccc(F)cc3)N3CCCC3)sc2n1. The van der Waals surface area contributed by atoms with Gasteiger partial charge in [0.15, 0.2) is 0 Å². The number of fused-ring (bicyclic) bond motifs is 1. The molecule has 1 N–H and O–H groups in total. The van der Waals surface area contributed by atoms with Gasteiger partial charge in [-0.15, -0.1) is 5.10 Å². The smallest absolute Gasteiger partial charge is 0.275 e. The average molecular weight is 373 g/mol. The van der Waals surface area contributed by atoms with Gasteiger partial charge in [-0.1, -0.05) is 23.5 Å². The zero-order valence-corrected chi connectivity index (χ0v) is 15.3. The molecular weight excluding hydrogens is 353 g/mol. The van der Waals surface area contributed by atoms with Gasteiger partial charge in [0, 0.05) is 18.3 Å². The number of halogens is 1. The van der Waals surface area contributed by atoms with Crippen molar-refractivity contribution in [1.82, 2.24) is 19.5 Å². The number of anilines is 1. The van der Waals surface area contributed by atoms with E-state index in [4.69, 9.17) is 0 Å². The van der Waals surface area contributed by atoms with Crippen molar-refractivity contribution >= 4 is 21.4 Å². The van der Waals surface area contributed by atoms with Crippen molar-refractivity contribution in [2.75, 3.05) is 25.0 Å². The summed E-state index contributed by atoms with van der Waals surface area (Å²) in [7, 11) is 0. The maximum atomic E-state index is 13.3. The lowest BCUT2D eigenvalue weighted by molar-refractivity contribution is 0.256. The fourth-order valence-electron chi connectivity index (χ4n) is 3.37. The van der Waals surface area contributed by atoms with Gasteiger partial charge in [0.05, 0.1) is 6.04 Å². The summed E-state index contributed by atoms with van der Waals surface area (Å²) in [5.41, 5.74) is 1.59. The summed E-state index contributed by atoms with van der Waals surface area (Å²) in [6.07, 6.45) is 2.36. The third kappa shape index (κ3) is 3.47. The second-order valence-corrected chi connectivity index (χ2v) is 7.48. The number of aromatic nitrogens is 3. The summed E-state index contributed by atoms with van der Waals surface area (Å²) < 4.78 is 14.6. The molecule has 1 atom stereocenters. The second-order valence-electron chi connectivity index (χ2n) is 6.53. The molecule has 1 unspecified atom stereocenters. The third-order valence-electron chi connectivity index (χ3n) is 4.66. The molecule has 4 rings (SSSR count). The molecule has 0 aliphatic carbocycles. The fraction of sp³-hybridized carbons (Fsp3) is 0.389. The molecule has 0 amide bonds. The quantitative estimate of drug-likeness (QED) is 0.745. The predicted molar refractivity (Wildman–Crippen MR) is 100 cm³/mol. The Bertz CT molecular complexity index is 962. The first-order valence-corrected chi connectivity index (χ1v) is 9.53. The zero-order valence-electron chi connectivity index (χ0n) is 14.5. The maximum Gasteiger partial charge on any atom is 0.275 e. The Balaban J connectivity index is 1.57. The van der Waals surface area contributed by atoms with Crippen LogP contribution >= 0.6 is 11.3 Å². The third-order valence-corrected chi connectivity index (χ3v) is 5.52. The van der Waals surface area contributed by atoms with E-state index < -0.39 is 0 Å². The Hall–Kier alpha value is -2.32. The molecule has 8 heteroatoms. The van der Waals surface area contributed by atoms with Crippen molar-refractivity contribution in [2.24, 2.45) is 0 Å². The lowest BCUT2D eigenvalue weighted by Gasteiger charge is -2.28. The van der Waals surface area contributed by atoms with E-state index in [0.29, 0.717) is 22.3 Å². The van der Waals surface area contributed by atoms with E-state index in [-0.39, 0.29) is 17.4 Å². The molecule has 26 heavy (non-hydrogen) atoms. The molecule has 0 spiro atoms. The van der Waals surface area contributed by atoms with E-state index in [2.05, 4.69) is 20.3 Å². The Morgan fingerprint density at radius 1 is 1.27 bits per heavy atom. The predicted octanol–water partition coefficient (Wildman–Crippen LogP) is 2.85. The highest BCUT2D eigenvalue weighted by Gasteiger charge is 2.24. The summed E-state index contributed by atoms with van der Waals surface area (Å²) >= 11 is 1.36. The normalized spacial score (nSPS) is 16.2. The van der Waals surface area contributed by atoms with Crippen molar-refractivity contribution in [3.8, 4) is 0 Å². The van der Waals surface area contributed by atoms with Gasteiger partial charge >= 0.3 is 0 Å². The van der Waals surface area contributed by atoms with Crippen LogP contribution < -0.4 is 10.9 Å². The molecule has 6 nitrogen and oxygen atoms in total. The van der Waals surface area contributed by atoms with Crippen molar-refractivity contribution in [3.63, 3.8) is 0 Å². The minimum Gasteiger partial charge on any atom is -0.358 e. The number of likely N-dealkylation sites (tertiary alicyclic amines) is 1. The van der Waals surface area contributed by atoms with Crippen molar-refractivity contribution in [1.29, 1.82) is 0 Å². The summed E-state index contributed by atoms with van der Waals surface area (Å²) in [6, 6.07) is 8.30. The topological polar surface area (TPSA) is 62.5 Å². The van der Waals surface area contributed by atoms with E-state index in [0.717, 1.165) is 18.7 Å². The van der Waals surface area contributed by atoms with Crippen molar-refractivity contribution in [3.05, 3.63) is 57.8 Å². The lowest BCUT2D eigenvalue weighted by atomic mass is 10.1. The van der Waals surface area contributed by atoms with Crippen LogP contribution in [0.4, 0.5) is 9.52 Å². The van der Waals surface area contributed by atoms with E-state index in [9.17, 15) is 9.18 Å². The summed E-state index contributed by atoms with van der Waals surface area (Å²) in [5.74, 6) is -0.228. The molecule has 1 aromatic carbocycles. The van der Waals surface area contributed by atoms with Crippen LogP contribution in [0.25, 0.3) is 4.96 Å². The molecule has 1 aliphatic rings. The first kappa shape index (κ1) is 17.1. The molecule has 3 aromatic rings. The number of benzene rings is 1. The van der Waals surface area contributed by atoms with Gasteiger partial charge in [-0.3, -0.25) is 9.69 Å². The Morgan fingerprint density at radius 2 is 2.00 bits per heavy atom. The molecule has 1 fully saturated rings. The fourth-order valence-corrected chi connectivity index (χ4v) is 4.23. The summed E-state index contributed by atoms with van der Waals surface area (Å²) in [6.45, 7) is 4.50. The monoisotopic (exact) mass is 373 g/mol. The minimum absolute atomic E-state index is 0.136. The zero-order chi connectivity index (χ0) is 18.1. The first-order valence-electron chi connectivity index (χ1n) is 8.71. The number of nitrogens with one attached hydrogen (secondary N) is 1. The highest BCUT2D eigenvalue weighted by molar-refractivity contribution is 7.20. The lowest BCUT2D eigenvalue weighted by Crippen LogP contribution is -2.31. The average Bonchev–Trinajstić information content (AvgIpc) is 3.26. The number of nitrogens with zero attached hydrogens (tertiary/aromatic N) is 4. The molecule has 0 bridgehead atoms. The van der Waals surface area contributed by atoms with Crippen LogP contribution in [0, 0.1) is 12.7 Å². The molecular formula is C18H20FN5OS. The number of rotatable bonds is 5.